The largest absolute Gasteiger partial charge is 0.393 e. The van der Waals surface area contributed by atoms with Crippen LogP contribution in [0.2, 0.25) is 0 Å². The van der Waals surface area contributed by atoms with Gasteiger partial charge in [0.25, 0.3) is 0 Å². The van der Waals surface area contributed by atoms with Gasteiger partial charge >= 0.3 is 0 Å². The summed E-state index contributed by atoms with van der Waals surface area (Å²) in [5.74, 6) is -0.428. The van der Waals surface area contributed by atoms with E-state index in [1.807, 2.05) is 0 Å². The number of hydrogen-bond acceptors (Lipinski definition) is 3. The summed E-state index contributed by atoms with van der Waals surface area (Å²) in [5.41, 5.74) is 0.968. The molecule has 2 aliphatic rings. The van der Waals surface area contributed by atoms with Crippen LogP contribution in [0.25, 0.3) is 0 Å². The van der Waals surface area contributed by atoms with Gasteiger partial charge in [0, 0.05) is 12.3 Å². The molecular weight excluding hydrogens is 228 g/mol. The quantitative estimate of drug-likeness (QED) is 0.605. The van der Waals surface area contributed by atoms with E-state index in [-0.39, 0.29) is 12.0 Å². The van der Waals surface area contributed by atoms with Crippen molar-refractivity contribution in [1.82, 2.24) is 0 Å². The molecule has 1 heterocycles. The highest BCUT2D eigenvalue weighted by Crippen LogP contribution is 2.44. The minimum atomic E-state index is -0.575. The van der Waals surface area contributed by atoms with E-state index in [0.29, 0.717) is 13.2 Å². The van der Waals surface area contributed by atoms with Crippen LogP contribution in [-0.2, 0) is 9.47 Å². The van der Waals surface area contributed by atoms with E-state index in [1.54, 1.807) is 0 Å². The summed E-state index contributed by atoms with van der Waals surface area (Å²) in [5, 5.41) is 10.3. The Balaban J connectivity index is 1.93. The third-order valence-electron chi connectivity index (χ3n) is 4.28. The van der Waals surface area contributed by atoms with E-state index in [1.165, 1.54) is 12.8 Å². The van der Waals surface area contributed by atoms with Gasteiger partial charge in [-0.15, -0.1) is 0 Å². The molecule has 0 aromatic heterocycles. The molecule has 18 heavy (non-hydrogen) atoms. The Kier molecular flexibility index (Phi) is 4.82. The summed E-state index contributed by atoms with van der Waals surface area (Å²) in [6.07, 6.45) is 7.01. The van der Waals surface area contributed by atoms with Crippen LogP contribution in [0.3, 0.4) is 0 Å². The molecule has 104 valence electrons. The Morgan fingerprint density at radius 2 is 2.11 bits per heavy atom. The van der Waals surface area contributed by atoms with E-state index >= 15 is 0 Å². The summed E-state index contributed by atoms with van der Waals surface area (Å²) in [6.45, 7) is 7.65. The lowest BCUT2D eigenvalue weighted by molar-refractivity contribution is -0.152. The molecule has 1 aliphatic carbocycles. The Bertz CT molecular complexity index is 281. The zero-order valence-electron chi connectivity index (χ0n) is 11.5. The predicted molar refractivity (Wildman–Crippen MR) is 71.3 cm³/mol. The molecule has 2 atom stereocenters. The molecule has 1 saturated carbocycles. The zero-order valence-corrected chi connectivity index (χ0v) is 11.5. The average molecular weight is 254 g/mol. The number of unbranched alkanes of at least 4 members (excludes halogenated alkanes) is 2. The lowest BCUT2D eigenvalue weighted by Crippen LogP contribution is -2.42. The Hall–Kier alpha value is -0.380. The van der Waals surface area contributed by atoms with Gasteiger partial charge in [0.05, 0.1) is 19.3 Å². The SMILES string of the molecule is C=C1[C@H]([C@@H](O)CCCCC)CCCC12OCCO2. The van der Waals surface area contributed by atoms with Crippen molar-refractivity contribution in [2.24, 2.45) is 5.92 Å². The average Bonchev–Trinajstić information content (AvgIpc) is 2.83. The molecule has 0 amide bonds. The molecule has 0 aromatic rings. The Morgan fingerprint density at radius 3 is 2.78 bits per heavy atom. The van der Waals surface area contributed by atoms with E-state index in [4.69, 9.17) is 9.47 Å². The van der Waals surface area contributed by atoms with Gasteiger partial charge in [0.15, 0.2) is 5.79 Å². The second kappa shape index (κ2) is 6.18. The van der Waals surface area contributed by atoms with E-state index in [9.17, 15) is 5.11 Å². The second-order valence-corrected chi connectivity index (χ2v) is 5.54. The smallest absolute Gasteiger partial charge is 0.191 e. The molecule has 1 N–H and O–H groups in total. The van der Waals surface area contributed by atoms with Crippen LogP contribution in [0.4, 0.5) is 0 Å². The highest BCUT2D eigenvalue weighted by atomic mass is 16.7. The summed E-state index contributed by atoms with van der Waals surface area (Å²) < 4.78 is 11.5. The molecule has 0 aromatic carbocycles. The molecule has 3 heteroatoms. The van der Waals surface area contributed by atoms with Gasteiger partial charge in [-0.05, 0) is 24.8 Å². The van der Waals surface area contributed by atoms with Gasteiger partial charge in [0.1, 0.15) is 0 Å². The fourth-order valence-electron chi connectivity index (χ4n) is 3.19. The zero-order chi connectivity index (χ0) is 13.0. The first-order valence-corrected chi connectivity index (χ1v) is 7.35. The molecule has 1 aliphatic heterocycles. The fraction of sp³-hybridized carbons (Fsp3) is 0.867. The van der Waals surface area contributed by atoms with Crippen molar-refractivity contribution in [3.8, 4) is 0 Å². The molecular formula is C15H26O3. The van der Waals surface area contributed by atoms with Crippen LogP contribution in [0.1, 0.15) is 51.9 Å². The monoisotopic (exact) mass is 254 g/mol. The highest BCUT2D eigenvalue weighted by Gasteiger charge is 2.46. The van der Waals surface area contributed by atoms with Crippen LogP contribution in [0.5, 0.6) is 0 Å². The van der Waals surface area contributed by atoms with Gasteiger partial charge in [-0.1, -0.05) is 32.8 Å². The van der Waals surface area contributed by atoms with Gasteiger partial charge in [-0.25, -0.2) is 0 Å². The maximum atomic E-state index is 10.3. The number of aliphatic hydroxyl groups excluding tert-OH is 1. The van der Waals surface area contributed by atoms with Gasteiger partial charge in [-0.3, -0.25) is 0 Å². The van der Waals surface area contributed by atoms with Gasteiger partial charge < -0.3 is 14.6 Å². The number of hydrogen-bond donors (Lipinski definition) is 1. The number of aliphatic hydroxyl groups is 1. The maximum absolute atomic E-state index is 10.3. The number of ether oxygens (including phenoxy) is 2. The molecule has 1 saturated heterocycles. The van der Waals surface area contributed by atoms with Crippen LogP contribution in [-0.4, -0.2) is 30.2 Å². The van der Waals surface area contributed by atoms with Crippen LogP contribution in [0, 0.1) is 5.92 Å². The van der Waals surface area contributed by atoms with Crippen molar-refractivity contribution in [3.05, 3.63) is 12.2 Å². The molecule has 0 unspecified atom stereocenters. The highest BCUT2D eigenvalue weighted by molar-refractivity contribution is 5.18. The van der Waals surface area contributed by atoms with Crippen molar-refractivity contribution < 1.29 is 14.6 Å². The van der Waals surface area contributed by atoms with E-state index in [0.717, 1.165) is 37.7 Å². The first-order valence-electron chi connectivity index (χ1n) is 7.35. The normalized spacial score (nSPS) is 28.8. The minimum absolute atomic E-state index is 0.147. The first kappa shape index (κ1) is 14.0. The molecule has 2 fully saturated rings. The van der Waals surface area contributed by atoms with Crippen molar-refractivity contribution in [2.75, 3.05) is 13.2 Å². The lowest BCUT2D eigenvalue weighted by atomic mass is 9.76. The fourth-order valence-corrected chi connectivity index (χ4v) is 3.19. The Labute approximate surface area is 110 Å². The maximum Gasteiger partial charge on any atom is 0.191 e. The van der Waals surface area contributed by atoms with E-state index in [2.05, 4.69) is 13.5 Å². The van der Waals surface area contributed by atoms with E-state index < -0.39 is 5.79 Å². The molecule has 0 bridgehead atoms. The molecule has 3 nitrogen and oxygen atoms in total. The van der Waals surface area contributed by atoms with Crippen molar-refractivity contribution in [2.45, 2.75) is 63.8 Å². The van der Waals surface area contributed by atoms with Crippen LogP contribution < -0.4 is 0 Å². The standard InChI is InChI=1S/C15H26O3/c1-3-4-5-8-14(16)13-7-6-9-15(12(13)2)17-10-11-18-15/h13-14,16H,2-11H2,1H3/t13-,14+/m1/s1. The summed E-state index contributed by atoms with van der Waals surface area (Å²) in [4.78, 5) is 0. The summed E-state index contributed by atoms with van der Waals surface area (Å²) in [7, 11) is 0. The molecule has 1 spiro atoms. The second-order valence-electron chi connectivity index (χ2n) is 5.54. The van der Waals surface area contributed by atoms with Gasteiger partial charge in [-0.2, -0.15) is 0 Å². The third-order valence-corrected chi connectivity index (χ3v) is 4.28. The lowest BCUT2D eigenvalue weighted by Gasteiger charge is -2.40. The van der Waals surface area contributed by atoms with Crippen molar-refractivity contribution in [3.63, 3.8) is 0 Å². The minimum Gasteiger partial charge on any atom is -0.393 e. The first-order chi connectivity index (χ1) is 8.69. The molecule has 0 radical (unpaired) electrons. The summed E-state index contributed by atoms with van der Waals surface area (Å²) >= 11 is 0. The van der Waals surface area contributed by atoms with Crippen molar-refractivity contribution >= 4 is 0 Å². The topological polar surface area (TPSA) is 38.7 Å². The van der Waals surface area contributed by atoms with Gasteiger partial charge in [0.2, 0.25) is 0 Å². The summed E-state index contributed by atoms with van der Waals surface area (Å²) in [6, 6.07) is 0. The predicted octanol–water partition coefficient (Wildman–Crippen LogP) is 3.03. The Morgan fingerprint density at radius 1 is 1.39 bits per heavy atom. The third kappa shape index (κ3) is 2.79. The van der Waals surface area contributed by atoms with Crippen molar-refractivity contribution in [1.29, 1.82) is 0 Å². The van der Waals surface area contributed by atoms with Crippen LogP contribution in [0.15, 0.2) is 12.2 Å². The number of rotatable bonds is 5. The van der Waals surface area contributed by atoms with Crippen LogP contribution >= 0.6 is 0 Å². The molecule has 2 rings (SSSR count).